The van der Waals surface area contributed by atoms with Crippen LogP contribution in [-0.4, -0.2) is 78.0 Å². The van der Waals surface area contributed by atoms with E-state index in [0.717, 1.165) is 5.69 Å². The molecule has 0 aromatic carbocycles. The van der Waals surface area contributed by atoms with Gasteiger partial charge in [-0.3, -0.25) is 14.5 Å². The van der Waals surface area contributed by atoms with Crippen LogP contribution < -0.4 is 15.5 Å². The molecule has 1 aliphatic rings. The number of aryl methyl sites for hydroxylation is 1. The molecule has 10 nitrogen and oxygen atoms in total. The Morgan fingerprint density at radius 2 is 2.00 bits per heavy atom. The third-order valence-corrected chi connectivity index (χ3v) is 4.04. The number of piperazine rings is 1. The van der Waals surface area contributed by atoms with Crippen LogP contribution in [0.2, 0.25) is 0 Å². The van der Waals surface area contributed by atoms with Gasteiger partial charge in [0.2, 0.25) is 5.91 Å². The summed E-state index contributed by atoms with van der Waals surface area (Å²) in [6.45, 7) is 8.10. The number of nitrogens with zero attached hydrogens (tertiary/aromatic N) is 5. The van der Waals surface area contributed by atoms with Crippen molar-refractivity contribution < 1.29 is 14.3 Å². The van der Waals surface area contributed by atoms with Crippen LogP contribution in [0.3, 0.4) is 0 Å². The summed E-state index contributed by atoms with van der Waals surface area (Å²) in [5.74, 6) is 0.685. The van der Waals surface area contributed by atoms with Gasteiger partial charge in [-0.15, -0.1) is 0 Å². The van der Waals surface area contributed by atoms with Crippen LogP contribution in [0.4, 0.5) is 10.5 Å². The minimum Gasteiger partial charge on any atom is -0.444 e. The molecule has 0 atom stereocenters. The summed E-state index contributed by atoms with van der Waals surface area (Å²) in [5.41, 5.74) is 0.304. The molecule has 0 saturated carbocycles. The van der Waals surface area contributed by atoms with Crippen molar-refractivity contribution in [2.45, 2.75) is 32.8 Å². The molecule has 0 spiro atoms. The summed E-state index contributed by atoms with van der Waals surface area (Å²) in [4.78, 5) is 32.0. The van der Waals surface area contributed by atoms with E-state index in [0.29, 0.717) is 38.6 Å². The number of aromatic nitrogens is 2. The van der Waals surface area contributed by atoms with E-state index in [1.165, 1.54) is 0 Å². The molecule has 2 N–H and O–H groups in total. The molecule has 0 radical (unpaired) electrons. The summed E-state index contributed by atoms with van der Waals surface area (Å²) in [6.07, 6.45) is 3.81. The van der Waals surface area contributed by atoms with Crippen molar-refractivity contribution in [3.63, 3.8) is 0 Å². The van der Waals surface area contributed by atoms with E-state index in [9.17, 15) is 9.59 Å². The number of alkyl carbamates (subject to hydrolysis) is 1. The standard InChI is InChI=1S/C18H31N7O3/c1-18(2,3)28-17(27)21-8-6-7-20-16(19-4)24-9-10-25(15(26)13-24)14-11-22-23(5)12-14/h11-12H,6-10,13H2,1-5H3,(H,19,20)(H,21,27). The Morgan fingerprint density at radius 3 is 2.57 bits per heavy atom. The smallest absolute Gasteiger partial charge is 0.407 e. The van der Waals surface area contributed by atoms with E-state index in [-0.39, 0.29) is 12.5 Å². The highest BCUT2D eigenvalue weighted by atomic mass is 16.6. The van der Waals surface area contributed by atoms with E-state index in [4.69, 9.17) is 4.74 Å². The number of rotatable bonds is 5. The van der Waals surface area contributed by atoms with Crippen LogP contribution in [0, 0.1) is 0 Å². The number of carbonyl (C=O) groups is 2. The maximum Gasteiger partial charge on any atom is 0.407 e. The quantitative estimate of drug-likeness (QED) is 0.430. The Balaban J connectivity index is 1.73. The van der Waals surface area contributed by atoms with Crippen LogP contribution in [-0.2, 0) is 16.6 Å². The Hall–Kier alpha value is -2.78. The lowest BCUT2D eigenvalue weighted by Crippen LogP contribution is -2.55. The first kappa shape index (κ1) is 21.5. The number of carbonyl (C=O) groups excluding carboxylic acids is 2. The van der Waals surface area contributed by atoms with Crippen molar-refractivity contribution in [2.75, 3.05) is 44.7 Å². The van der Waals surface area contributed by atoms with E-state index in [1.54, 1.807) is 22.8 Å². The van der Waals surface area contributed by atoms with Gasteiger partial charge in [-0.1, -0.05) is 0 Å². The zero-order chi connectivity index (χ0) is 20.7. The van der Waals surface area contributed by atoms with Crippen LogP contribution in [0.25, 0.3) is 0 Å². The minimum atomic E-state index is -0.505. The normalized spacial score (nSPS) is 15.6. The molecule has 0 aliphatic carbocycles. The van der Waals surface area contributed by atoms with E-state index >= 15 is 0 Å². The molecule has 1 fully saturated rings. The lowest BCUT2D eigenvalue weighted by Gasteiger charge is -2.35. The highest BCUT2D eigenvalue weighted by Gasteiger charge is 2.27. The van der Waals surface area contributed by atoms with Crippen molar-refractivity contribution in [1.29, 1.82) is 0 Å². The lowest BCUT2D eigenvalue weighted by molar-refractivity contribution is -0.120. The molecule has 2 rings (SSSR count). The number of hydrogen-bond acceptors (Lipinski definition) is 5. The molecule has 1 aromatic heterocycles. The summed E-state index contributed by atoms with van der Waals surface area (Å²) in [7, 11) is 3.52. The first-order chi connectivity index (χ1) is 13.2. The maximum absolute atomic E-state index is 12.5. The van der Waals surface area contributed by atoms with Gasteiger partial charge in [-0.2, -0.15) is 5.10 Å². The molecule has 1 aromatic rings. The SMILES string of the molecule is CN=C(NCCCNC(=O)OC(C)(C)C)N1CCN(c2cnn(C)c2)C(=O)C1. The second kappa shape index (κ2) is 9.43. The molecular weight excluding hydrogens is 362 g/mol. The van der Waals surface area contributed by atoms with Crippen LogP contribution in [0.1, 0.15) is 27.2 Å². The lowest BCUT2D eigenvalue weighted by atomic mass is 10.2. The highest BCUT2D eigenvalue weighted by molar-refractivity contribution is 5.98. The number of hydrogen-bond donors (Lipinski definition) is 2. The average molecular weight is 393 g/mol. The topological polar surface area (TPSA) is 104 Å². The minimum absolute atomic E-state index is 0.00814. The van der Waals surface area contributed by atoms with Crippen LogP contribution >= 0.6 is 0 Å². The third-order valence-electron chi connectivity index (χ3n) is 4.04. The third kappa shape index (κ3) is 6.43. The average Bonchev–Trinajstić information content (AvgIpc) is 3.02. The zero-order valence-corrected chi connectivity index (χ0v) is 17.4. The summed E-state index contributed by atoms with van der Waals surface area (Å²) < 4.78 is 6.87. The Kier molecular flexibility index (Phi) is 7.24. The summed E-state index contributed by atoms with van der Waals surface area (Å²) in [6, 6.07) is 0. The van der Waals surface area contributed by atoms with Crippen LogP contribution in [0.15, 0.2) is 17.4 Å². The van der Waals surface area contributed by atoms with Gasteiger partial charge in [0, 0.05) is 46.5 Å². The van der Waals surface area contributed by atoms with Gasteiger partial charge in [-0.25, -0.2) is 4.79 Å². The number of amides is 2. The molecule has 10 heteroatoms. The van der Waals surface area contributed by atoms with Gasteiger partial charge < -0.3 is 25.2 Å². The summed E-state index contributed by atoms with van der Waals surface area (Å²) in [5, 5.41) is 10.1. The van der Waals surface area contributed by atoms with Crippen molar-refractivity contribution >= 4 is 23.6 Å². The van der Waals surface area contributed by atoms with Crippen molar-refractivity contribution in [1.82, 2.24) is 25.3 Å². The number of ether oxygens (including phenoxy) is 1. The van der Waals surface area contributed by atoms with Crippen molar-refractivity contribution in [2.24, 2.45) is 12.0 Å². The fourth-order valence-corrected chi connectivity index (χ4v) is 2.80. The predicted octanol–water partition coefficient (Wildman–Crippen LogP) is 0.559. The first-order valence-corrected chi connectivity index (χ1v) is 9.41. The molecule has 156 valence electrons. The van der Waals surface area contributed by atoms with Gasteiger partial charge in [0.25, 0.3) is 0 Å². The Morgan fingerprint density at radius 1 is 1.29 bits per heavy atom. The van der Waals surface area contributed by atoms with Crippen molar-refractivity contribution in [3.8, 4) is 0 Å². The van der Waals surface area contributed by atoms with Gasteiger partial charge in [0.1, 0.15) is 12.1 Å². The van der Waals surface area contributed by atoms with E-state index < -0.39 is 11.7 Å². The highest BCUT2D eigenvalue weighted by Crippen LogP contribution is 2.16. The maximum atomic E-state index is 12.5. The fraction of sp³-hybridized carbons (Fsp3) is 0.667. The molecule has 28 heavy (non-hydrogen) atoms. The van der Waals surface area contributed by atoms with E-state index in [1.807, 2.05) is 38.9 Å². The summed E-state index contributed by atoms with van der Waals surface area (Å²) >= 11 is 0. The molecule has 2 amide bonds. The molecule has 2 heterocycles. The van der Waals surface area contributed by atoms with Gasteiger partial charge in [0.15, 0.2) is 5.96 Å². The largest absolute Gasteiger partial charge is 0.444 e. The number of aliphatic imine (C=N–C) groups is 1. The monoisotopic (exact) mass is 393 g/mol. The molecule has 1 saturated heterocycles. The second-order valence-corrected chi connectivity index (χ2v) is 7.60. The molecule has 0 bridgehead atoms. The van der Waals surface area contributed by atoms with Gasteiger partial charge in [-0.05, 0) is 27.2 Å². The van der Waals surface area contributed by atoms with Gasteiger partial charge in [0.05, 0.1) is 11.9 Å². The number of nitrogens with one attached hydrogen (secondary N) is 2. The Labute approximate surface area is 165 Å². The van der Waals surface area contributed by atoms with Gasteiger partial charge >= 0.3 is 6.09 Å². The molecular formula is C18H31N7O3. The number of guanidine groups is 1. The molecule has 1 aliphatic heterocycles. The predicted molar refractivity (Wildman–Crippen MR) is 107 cm³/mol. The zero-order valence-electron chi connectivity index (χ0n) is 17.4. The first-order valence-electron chi connectivity index (χ1n) is 9.41. The fourth-order valence-electron chi connectivity index (χ4n) is 2.80. The Bertz CT molecular complexity index is 708. The van der Waals surface area contributed by atoms with E-state index in [2.05, 4.69) is 20.7 Å². The second-order valence-electron chi connectivity index (χ2n) is 7.60. The van der Waals surface area contributed by atoms with Crippen LogP contribution in [0.5, 0.6) is 0 Å². The molecule has 0 unspecified atom stereocenters. The number of anilines is 1. The van der Waals surface area contributed by atoms with Crippen molar-refractivity contribution in [3.05, 3.63) is 12.4 Å².